The number of carbonyl (C=O) groups is 2. The van der Waals surface area contributed by atoms with Gasteiger partial charge in [-0.3, -0.25) is 4.79 Å². The molecule has 0 spiro atoms. The van der Waals surface area contributed by atoms with Crippen LogP contribution >= 0.6 is 11.6 Å². The number of rotatable bonds is 4. The van der Waals surface area contributed by atoms with E-state index in [1.54, 1.807) is 19.2 Å². The quantitative estimate of drug-likeness (QED) is 0.767. The van der Waals surface area contributed by atoms with E-state index in [1.807, 2.05) is 24.8 Å². The zero-order chi connectivity index (χ0) is 18.8. The van der Waals surface area contributed by atoms with E-state index in [9.17, 15) is 9.59 Å². The van der Waals surface area contributed by atoms with Crippen molar-refractivity contribution in [1.29, 1.82) is 0 Å². The van der Waals surface area contributed by atoms with E-state index in [0.29, 0.717) is 23.6 Å². The van der Waals surface area contributed by atoms with Gasteiger partial charge in [-0.05, 0) is 30.5 Å². The van der Waals surface area contributed by atoms with Crippen LogP contribution in [0.1, 0.15) is 43.2 Å². The molecule has 0 N–H and O–H groups in total. The largest absolute Gasteiger partial charge is 0.461 e. The molecule has 3 heterocycles. The minimum Gasteiger partial charge on any atom is -0.461 e. The number of halogens is 1. The summed E-state index contributed by atoms with van der Waals surface area (Å²) in [6.07, 6.45) is 4.56. The average Bonchev–Trinajstić information content (AvgIpc) is 3.06. The summed E-state index contributed by atoms with van der Waals surface area (Å²) in [6.45, 7) is 7.04. The Bertz CT molecular complexity index is 888. The van der Waals surface area contributed by atoms with Crippen molar-refractivity contribution in [2.45, 2.75) is 27.2 Å². The lowest BCUT2D eigenvalue weighted by molar-refractivity contribution is -0.134. The third kappa shape index (κ3) is 3.44. The molecule has 8 heteroatoms. The lowest BCUT2D eigenvalue weighted by Gasteiger charge is -2.28. The van der Waals surface area contributed by atoms with Crippen LogP contribution < -0.4 is 0 Å². The van der Waals surface area contributed by atoms with Gasteiger partial charge in [0.1, 0.15) is 5.52 Å². The molecule has 138 valence electrons. The van der Waals surface area contributed by atoms with Crippen molar-refractivity contribution in [1.82, 2.24) is 19.7 Å². The molecule has 0 aromatic carbocycles. The predicted molar refractivity (Wildman–Crippen MR) is 98.0 cm³/mol. The number of ether oxygens (including phenoxy) is 1. The zero-order valence-corrected chi connectivity index (χ0v) is 15.8. The van der Waals surface area contributed by atoms with Gasteiger partial charge < -0.3 is 9.64 Å². The minimum atomic E-state index is -0.545. The summed E-state index contributed by atoms with van der Waals surface area (Å²) >= 11 is 6.39. The first-order valence-corrected chi connectivity index (χ1v) is 9.00. The van der Waals surface area contributed by atoms with Crippen molar-refractivity contribution < 1.29 is 14.3 Å². The van der Waals surface area contributed by atoms with E-state index in [2.05, 4.69) is 10.3 Å². The van der Waals surface area contributed by atoms with Crippen LogP contribution in [0.15, 0.2) is 18.3 Å². The molecule has 7 nitrogen and oxygen atoms in total. The number of hydrogen-bond acceptors (Lipinski definition) is 5. The van der Waals surface area contributed by atoms with Gasteiger partial charge in [-0.15, -0.1) is 5.10 Å². The van der Waals surface area contributed by atoms with E-state index in [0.717, 1.165) is 17.6 Å². The molecule has 2 aromatic rings. The molecule has 0 saturated heterocycles. The van der Waals surface area contributed by atoms with E-state index in [1.165, 1.54) is 4.52 Å². The van der Waals surface area contributed by atoms with Crippen LogP contribution in [0.25, 0.3) is 11.1 Å². The van der Waals surface area contributed by atoms with Crippen LogP contribution in [0, 0.1) is 5.92 Å². The van der Waals surface area contributed by atoms with Gasteiger partial charge in [0.25, 0.3) is 0 Å². The van der Waals surface area contributed by atoms with E-state index in [-0.39, 0.29) is 24.1 Å². The van der Waals surface area contributed by atoms with Crippen LogP contribution in [-0.2, 0) is 9.53 Å². The highest BCUT2D eigenvalue weighted by molar-refractivity contribution is 6.34. The molecule has 0 atom stereocenters. The fourth-order valence-electron chi connectivity index (χ4n) is 2.99. The van der Waals surface area contributed by atoms with Gasteiger partial charge in [-0.2, -0.15) is 0 Å². The van der Waals surface area contributed by atoms with Crippen LogP contribution in [0.2, 0.25) is 5.02 Å². The molecule has 0 aliphatic carbocycles. The summed E-state index contributed by atoms with van der Waals surface area (Å²) < 4.78 is 6.48. The lowest BCUT2D eigenvalue weighted by Crippen LogP contribution is -2.37. The van der Waals surface area contributed by atoms with Gasteiger partial charge in [0.05, 0.1) is 11.6 Å². The first-order valence-electron chi connectivity index (χ1n) is 8.62. The van der Waals surface area contributed by atoms with Crippen LogP contribution in [0.5, 0.6) is 0 Å². The molecular formula is C18H21ClN4O3. The summed E-state index contributed by atoms with van der Waals surface area (Å²) in [4.78, 5) is 25.9. The number of pyridine rings is 1. The maximum Gasteiger partial charge on any atom is 0.361 e. The standard InChI is InChI=1S/C18H21ClN4O3/c1-4-26-18(25)15-16-14(19)9-13(10-23(16)21-20-15)12-5-7-22(8-6-12)17(24)11(2)3/h5,9-11H,4,6-8H2,1-3H3. The molecule has 3 rings (SSSR count). The Kier molecular flexibility index (Phi) is 5.27. The van der Waals surface area contributed by atoms with Gasteiger partial charge in [0.2, 0.25) is 5.91 Å². The van der Waals surface area contributed by atoms with Crippen molar-refractivity contribution in [3.05, 3.63) is 34.6 Å². The summed E-state index contributed by atoms with van der Waals surface area (Å²) in [5.74, 6) is -0.395. The first-order chi connectivity index (χ1) is 12.4. The number of amides is 1. The van der Waals surface area contributed by atoms with Crippen LogP contribution in [0.3, 0.4) is 0 Å². The summed E-state index contributed by atoms with van der Waals surface area (Å²) in [5, 5.41) is 8.28. The Morgan fingerprint density at radius 1 is 1.38 bits per heavy atom. The highest BCUT2D eigenvalue weighted by Crippen LogP contribution is 2.28. The Balaban J connectivity index is 1.89. The predicted octanol–water partition coefficient (Wildman–Crippen LogP) is 2.83. The Hall–Kier alpha value is -2.41. The molecule has 0 radical (unpaired) electrons. The summed E-state index contributed by atoms with van der Waals surface area (Å²) in [5.41, 5.74) is 2.53. The fraction of sp³-hybridized carbons (Fsp3) is 0.444. The van der Waals surface area contributed by atoms with Crippen molar-refractivity contribution >= 4 is 34.6 Å². The number of fused-ring (bicyclic) bond motifs is 1. The van der Waals surface area contributed by atoms with Crippen molar-refractivity contribution in [3.63, 3.8) is 0 Å². The number of aromatic nitrogens is 3. The number of carbonyl (C=O) groups excluding carboxylic acids is 2. The SMILES string of the molecule is CCOC(=O)c1nnn2cc(C3=CCN(C(=O)C(C)C)CC3)cc(Cl)c12. The summed E-state index contributed by atoms with van der Waals surface area (Å²) in [6, 6.07) is 1.80. The molecule has 0 bridgehead atoms. The molecule has 2 aromatic heterocycles. The Morgan fingerprint density at radius 2 is 2.15 bits per heavy atom. The van der Waals surface area contributed by atoms with Crippen molar-refractivity contribution in [3.8, 4) is 0 Å². The Morgan fingerprint density at radius 3 is 2.77 bits per heavy atom. The average molecular weight is 377 g/mol. The number of esters is 1. The van der Waals surface area contributed by atoms with E-state index in [4.69, 9.17) is 16.3 Å². The third-order valence-corrected chi connectivity index (χ3v) is 4.61. The van der Waals surface area contributed by atoms with Gasteiger partial charge in [0.15, 0.2) is 5.69 Å². The molecule has 0 unspecified atom stereocenters. The van der Waals surface area contributed by atoms with E-state index >= 15 is 0 Å². The highest BCUT2D eigenvalue weighted by Gasteiger charge is 2.22. The second-order valence-electron chi connectivity index (χ2n) is 6.45. The van der Waals surface area contributed by atoms with E-state index < -0.39 is 5.97 Å². The normalized spacial score (nSPS) is 14.7. The van der Waals surface area contributed by atoms with Crippen LogP contribution in [0.4, 0.5) is 0 Å². The maximum absolute atomic E-state index is 12.1. The van der Waals surface area contributed by atoms with Gasteiger partial charge in [0, 0.05) is 25.2 Å². The molecule has 1 aliphatic heterocycles. The third-order valence-electron chi connectivity index (χ3n) is 4.32. The van der Waals surface area contributed by atoms with Gasteiger partial charge in [-0.1, -0.05) is 36.7 Å². The number of hydrogen-bond donors (Lipinski definition) is 0. The smallest absolute Gasteiger partial charge is 0.361 e. The van der Waals surface area contributed by atoms with Crippen LogP contribution in [-0.4, -0.2) is 51.3 Å². The van der Waals surface area contributed by atoms with Gasteiger partial charge >= 0.3 is 5.97 Å². The lowest BCUT2D eigenvalue weighted by atomic mass is 10.00. The molecule has 26 heavy (non-hydrogen) atoms. The summed E-state index contributed by atoms with van der Waals surface area (Å²) in [7, 11) is 0. The maximum atomic E-state index is 12.1. The first kappa shape index (κ1) is 18.4. The zero-order valence-electron chi connectivity index (χ0n) is 15.0. The monoisotopic (exact) mass is 376 g/mol. The second-order valence-corrected chi connectivity index (χ2v) is 6.85. The Labute approximate surface area is 156 Å². The fourth-order valence-corrected chi connectivity index (χ4v) is 3.28. The molecule has 1 aliphatic rings. The number of nitrogens with zero attached hydrogens (tertiary/aromatic N) is 4. The molecule has 0 saturated carbocycles. The molecule has 1 amide bonds. The molecule has 0 fully saturated rings. The van der Waals surface area contributed by atoms with Crippen molar-refractivity contribution in [2.75, 3.05) is 19.7 Å². The highest BCUT2D eigenvalue weighted by atomic mass is 35.5. The molecular weight excluding hydrogens is 356 g/mol. The van der Waals surface area contributed by atoms with Gasteiger partial charge in [-0.25, -0.2) is 9.31 Å². The van der Waals surface area contributed by atoms with Crippen molar-refractivity contribution in [2.24, 2.45) is 5.92 Å². The topological polar surface area (TPSA) is 76.8 Å². The minimum absolute atomic E-state index is 0.00723. The second kappa shape index (κ2) is 7.45.